The van der Waals surface area contributed by atoms with Crippen molar-refractivity contribution in [2.24, 2.45) is 10.8 Å². The molecule has 0 radical (unpaired) electrons. The minimum atomic E-state index is -0.348. The van der Waals surface area contributed by atoms with Gasteiger partial charge >= 0.3 is 6.09 Å². The summed E-state index contributed by atoms with van der Waals surface area (Å²) in [6.07, 6.45) is 5.72. The average Bonchev–Trinajstić information content (AvgIpc) is 2.50. The fourth-order valence-corrected chi connectivity index (χ4v) is 3.53. The Hall–Kier alpha value is -0.810. The zero-order valence-electron chi connectivity index (χ0n) is 16.3. The summed E-state index contributed by atoms with van der Waals surface area (Å²) >= 11 is 0. The summed E-state index contributed by atoms with van der Waals surface area (Å²) in [6.45, 7) is 13.5. The highest BCUT2D eigenvalue weighted by Gasteiger charge is 2.36. The van der Waals surface area contributed by atoms with E-state index in [1.54, 1.807) is 0 Å². The molecular formula is C19H37NO4. The topological polar surface area (TPSA) is 56.8 Å². The molecular weight excluding hydrogens is 306 g/mol. The normalized spacial score (nSPS) is 24.4. The van der Waals surface area contributed by atoms with Crippen LogP contribution in [-0.2, 0) is 14.2 Å². The lowest BCUT2D eigenvalue weighted by molar-refractivity contribution is 0.000679. The van der Waals surface area contributed by atoms with Crippen LogP contribution in [0.15, 0.2) is 0 Å². The molecule has 1 N–H and O–H groups in total. The van der Waals surface area contributed by atoms with Crippen LogP contribution in [0.1, 0.15) is 66.7 Å². The molecule has 0 aromatic heterocycles. The Morgan fingerprint density at radius 3 is 2.50 bits per heavy atom. The monoisotopic (exact) mass is 343 g/mol. The molecule has 1 aliphatic carbocycles. The first-order valence-electron chi connectivity index (χ1n) is 9.36. The fraction of sp³-hybridized carbons (Fsp3) is 0.947. The summed E-state index contributed by atoms with van der Waals surface area (Å²) in [5.41, 5.74) is 0.536. The second kappa shape index (κ2) is 10.2. The summed E-state index contributed by atoms with van der Waals surface area (Å²) in [7, 11) is 0. The van der Waals surface area contributed by atoms with Gasteiger partial charge in [-0.3, -0.25) is 0 Å². The summed E-state index contributed by atoms with van der Waals surface area (Å²) in [4.78, 5) is 11.8. The van der Waals surface area contributed by atoms with Crippen molar-refractivity contribution >= 4 is 6.09 Å². The van der Waals surface area contributed by atoms with Crippen molar-refractivity contribution in [2.45, 2.75) is 72.8 Å². The van der Waals surface area contributed by atoms with Crippen molar-refractivity contribution in [1.29, 1.82) is 0 Å². The molecule has 24 heavy (non-hydrogen) atoms. The number of nitrogens with one attached hydrogen (secondary N) is 1. The maximum absolute atomic E-state index is 11.8. The number of carbonyl (C=O) groups is 1. The van der Waals surface area contributed by atoms with Gasteiger partial charge in [-0.1, -0.05) is 34.1 Å². The lowest BCUT2D eigenvalue weighted by Gasteiger charge is -2.42. The number of rotatable bonds is 10. The number of alkyl carbamates (subject to hydrolysis) is 1. The largest absolute Gasteiger partial charge is 0.447 e. The molecule has 1 fully saturated rings. The van der Waals surface area contributed by atoms with E-state index in [1.165, 1.54) is 12.8 Å². The Labute approximate surface area is 147 Å². The summed E-state index contributed by atoms with van der Waals surface area (Å²) in [5.74, 6) is 0. The second-order valence-electron chi connectivity index (χ2n) is 8.20. The molecule has 1 amide bonds. The van der Waals surface area contributed by atoms with Crippen LogP contribution in [0.5, 0.6) is 0 Å². The van der Waals surface area contributed by atoms with Crippen LogP contribution < -0.4 is 5.32 Å². The first-order chi connectivity index (χ1) is 11.3. The zero-order valence-corrected chi connectivity index (χ0v) is 16.3. The van der Waals surface area contributed by atoms with E-state index in [2.05, 4.69) is 33.0 Å². The van der Waals surface area contributed by atoms with Crippen molar-refractivity contribution in [3.05, 3.63) is 0 Å². The van der Waals surface area contributed by atoms with Gasteiger partial charge in [-0.15, -0.1) is 0 Å². The van der Waals surface area contributed by atoms with E-state index in [1.807, 2.05) is 6.92 Å². The van der Waals surface area contributed by atoms with Crippen molar-refractivity contribution < 1.29 is 19.0 Å². The van der Waals surface area contributed by atoms with Gasteiger partial charge in [0.05, 0.1) is 25.9 Å². The van der Waals surface area contributed by atoms with Gasteiger partial charge in [-0.25, -0.2) is 4.79 Å². The van der Waals surface area contributed by atoms with Crippen LogP contribution in [-0.4, -0.2) is 45.2 Å². The minimum Gasteiger partial charge on any atom is -0.447 e. The molecule has 0 bridgehead atoms. The Bertz CT molecular complexity index is 372. The van der Waals surface area contributed by atoms with Gasteiger partial charge in [-0.05, 0) is 43.4 Å². The van der Waals surface area contributed by atoms with E-state index >= 15 is 0 Å². The van der Waals surface area contributed by atoms with Gasteiger partial charge in [0.15, 0.2) is 0 Å². The van der Waals surface area contributed by atoms with E-state index < -0.39 is 0 Å². The molecule has 5 nitrogen and oxygen atoms in total. The van der Waals surface area contributed by atoms with Crippen LogP contribution in [0, 0.1) is 10.8 Å². The second-order valence-corrected chi connectivity index (χ2v) is 8.20. The van der Waals surface area contributed by atoms with E-state index in [4.69, 9.17) is 14.2 Å². The van der Waals surface area contributed by atoms with E-state index in [0.29, 0.717) is 31.8 Å². The smallest absolute Gasteiger partial charge is 0.407 e. The molecule has 0 aliphatic heterocycles. The van der Waals surface area contributed by atoms with Gasteiger partial charge < -0.3 is 19.5 Å². The fourth-order valence-electron chi connectivity index (χ4n) is 3.53. The Kier molecular flexibility index (Phi) is 9.06. The highest BCUT2D eigenvalue weighted by atomic mass is 16.6. The van der Waals surface area contributed by atoms with Crippen LogP contribution in [0.2, 0.25) is 0 Å². The van der Waals surface area contributed by atoms with Crippen LogP contribution in [0.4, 0.5) is 4.79 Å². The molecule has 0 spiro atoms. The lowest BCUT2D eigenvalue weighted by atomic mass is 9.64. The predicted octanol–water partition coefficient (Wildman–Crippen LogP) is 4.15. The van der Waals surface area contributed by atoms with E-state index in [-0.39, 0.29) is 24.2 Å². The van der Waals surface area contributed by atoms with Crippen molar-refractivity contribution in [3.8, 4) is 0 Å². The van der Waals surface area contributed by atoms with Crippen molar-refractivity contribution in [2.75, 3.05) is 33.0 Å². The number of ether oxygens (including phenoxy) is 3. The van der Waals surface area contributed by atoms with Gasteiger partial charge in [0, 0.05) is 6.54 Å². The van der Waals surface area contributed by atoms with Crippen LogP contribution >= 0.6 is 0 Å². The molecule has 0 aromatic rings. The summed E-state index contributed by atoms with van der Waals surface area (Å²) in [5, 5.41) is 2.91. The quantitative estimate of drug-likeness (QED) is 0.605. The molecule has 1 aliphatic rings. The predicted molar refractivity (Wildman–Crippen MR) is 96.2 cm³/mol. The highest BCUT2D eigenvalue weighted by Crippen LogP contribution is 2.45. The third-order valence-electron chi connectivity index (χ3n) is 4.86. The maximum atomic E-state index is 11.8. The third-order valence-corrected chi connectivity index (χ3v) is 4.86. The van der Waals surface area contributed by atoms with Crippen LogP contribution in [0.3, 0.4) is 0 Å². The summed E-state index contributed by atoms with van der Waals surface area (Å²) in [6, 6.07) is 0. The van der Waals surface area contributed by atoms with Crippen molar-refractivity contribution in [1.82, 2.24) is 5.32 Å². The average molecular weight is 344 g/mol. The number of hydrogen-bond donors (Lipinski definition) is 1. The molecule has 0 heterocycles. The SMILES string of the molecule is CCC(C)OCCOCCOC(=O)NCC1(C)CCCC(C)(C)C1. The number of hydrogen-bond acceptors (Lipinski definition) is 4. The Balaban J connectivity index is 2.06. The molecule has 142 valence electrons. The number of amides is 1. The standard InChI is InChI=1S/C19H37NO4/c1-6-16(2)23-12-10-22-11-13-24-17(21)20-15-19(5)9-7-8-18(3,4)14-19/h16H,6-15H2,1-5H3,(H,20,21). The first kappa shape index (κ1) is 21.2. The highest BCUT2D eigenvalue weighted by molar-refractivity contribution is 5.67. The molecule has 5 heteroatoms. The van der Waals surface area contributed by atoms with Gasteiger partial charge in [-0.2, -0.15) is 0 Å². The molecule has 2 atom stereocenters. The Morgan fingerprint density at radius 1 is 1.12 bits per heavy atom. The van der Waals surface area contributed by atoms with E-state index in [9.17, 15) is 4.79 Å². The van der Waals surface area contributed by atoms with Gasteiger partial charge in [0.1, 0.15) is 6.61 Å². The molecule has 1 rings (SSSR count). The van der Waals surface area contributed by atoms with Gasteiger partial charge in [0.2, 0.25) is 0 Å². The molecule has 1 saturated carbocycles. The van der Waals surface area contributed by atoms with Gasteiger partial charge in [0.25, 0.3) is 0 Å². The minimum absolute atomic E-state index is 0.171. The molecule has 0 saturated heterocycles. The lowest BCUT2D eigenvalue weighted by Crippen LogP contribution is -2.41. The third kappa shape index (κ3) is 8.88. The maximum Gasteiger partial charge on any atom is 0.407 e. The van der Waals surface area contributed by atoms with E-state index in [0.717, 1.165) is 19.3 Å². The molecule has 2 unspecified atom stereocenters. The number of carbonyl (C=O) groups excluding carboxylic acids is 1. The summed E-state index contributed by atoms with van der Waals surface area (Å²) < 4.78 is 16.1. The molecule has 0 aromatic carbocycles. The zero-order chi connectivity index (χ0) is 18.1. The van der Waals surface area contributed by atoms with Crippen molar-refractivity contribution in [3.63, 3.8) is 0 Å². The Morgan fingerprint density at radius 2 is 1.83 bits per heavy atom. The first-order valence-corrected chi connectivity index (χ1v) is 9.36. The van der Waals surface area contributed by atoms with Crippen LogP contribution in [0.25, 0.3) is 0 Å².